The van der Waals surface area contributed by atoms with Crippen molar-refractivity contribution >= 4 is 0 Å². The average Bonchev–Trinajstić information content (AvgIpc) is 3.42. The van der Waals surface area contributed by atoms with Crippen molar-refractivity contribution in [3.8, 4) is 0 Å². The van der Waals surface area contributed by atoms with Crippen LogP contribution in [0.2, 0.25) is 0 Å². The minimum Gasteiger partial charge on any atom is -0.302 e. The highest BCUT2D eigenvalue weighted by molar-refractivity contribution is 5.47. The third-order valence-corrected chi connectivity index (χ3v) is 6.22. The van der Waals surface area contributed by atoms with Crippen molar-refractivity contribution in [1.29, 1.82) is 0 Å². The van der Waals surface area contributed by atoms with E-state index in [0.29, 0.717) is 11.8 Å². The van der Waals surface area contributed by atoms with Crippen molar-refractivity contribution in [2.75, 3.05) is 19.6 Å². The molecular weight excluding hydrogens is 316 g/mol. The molecule has 0 N–H and O–H groups in total. The second-order valence-corrected chi connectivity index (χ2v) is 7.77. The molecular formula is C24H24N2. The summed E-state index contributed by atoms with van der Waals surface area (Å²) in [6.07, 6.45) is 3.17. The molecule has 5 rings (SSSR count). The number of hydrogen-bond donors (Lipinski definition) is 0. The van der Waals surface area contributed by atoms with Gasteiger partial charge in [-0.1, -0.05) is 66.7 Å². The highest BCUT2D eigenvalue weighted by atomic mass is 15.2. The van der Waals surface area contributed by atoms with Gasteiger partial charge in [0.25, 0.3) is 0 Å². The highest BCUT2D eigenvalue weighted by Gasteiger charge is 2.57. The summed E-state index contributed by atoms with van der Waals surface area (Å²) in [6, 6.07) is 28.4. The monoisotopic (exact) mass is 340 g/mol. The van der Waals surface area contributed by atoms with Crippen molar-refractivity contribution in [3.05, 3.63) is 102 Å². The third kappa shape index (κ3) is 2.65. The fourth-order valence-electron chi connectivity index (χ4n) is 4.73. The second-order valence-electron chi connectivity index (χ2n) is 7.77. The molecule has 1 aliphatic heterocycles. The number of aromatic nitrogens is 1. The number of nitrogens with zero attached hydrogens (tertiary/aromatic N) is 2. The fraction of sp³-hybridized carbons (Fsp3) is 0.292. The summed E-state index contributed by atoms with van der Waals surface area (Å²) >= 11 is 0. The zero-order valence-corrected chi connectivity index (χ0v) is 15.0. The van der Waals surface area contributed by atoms with Crippen LogP contribution in [0.5, 0.6) is 0 Å². The van der Waals surface area contributed by atoms with Crippen molar-refractivity contribution < 1.29 is 0 Å². The van der Waals surface area contributed by atoms with Gasteiger partial charge >= 0.3 is 0 Å². The lowest BCUT2D eigenvalue weighted by Gasteiger charge is -2.39. The Labute approximate surface area is 155 Å². The lowest BCUT2D eigenvalue weighted by Crippen LogP contribution is -2.46. The molecule has 3 aromatic rings. The van der Waals surface area contributed by atoms with E-state index >= 15 is 0 Å². The smallest absolute Gasteiger partial charge is 0.0460 e. The molecule has 1 saturated heterocycles. The SMILES string of the molecule is c1ccc(C2(c3ccccc3)CC2CN2CC(c3ccccn3)C2)cc1. The maximum absolute atomic E-state index is 4.53. The predicted octanol–water partition coefficient (Wildman–Crippen LogP) is 4.49. The Bertz CT molecular complexity index is 815. The number of benzene rings is 2. The van der Waals surface area contributed by atoms with Crippen LogP contribution in [-0.2, 0) is 5.41 Å². The van der Waals surface area contributed by atoms with Gasteiger partial charge in [-0.05, 0) is 35.6 Å². The van der Waals surface area contributed by atoms with E-state index in [-0.39, 0.29) is 5.41 Å². The summed E-state index contributed by atoms with van der Waals surface area (Å²) in [4.78, 5) is 7.14. The van der Waals surface area contributed by atoms with Gasteiger partial charge in [-0.2, -0.15) is 0 Å². The minimum atomic E-state index is 0.207. The van der Waals surface area contributed by atoms with Crippen LogP contribution in [0.4, 0.5) is 0 Å². The molecule has 1 atom stereocenters. The number of hydrogen-bond acceptors (Lipinski definition) is 2. The molecule has 0 radical (unpaired) electrons. The molecule has 130 valence electrons. The number of rotatable bonds is 5. The Kier molecular flexibility index (Phi) is 3.86. The molecule has 2 heterocycles. The summed E-state index contributed by atoms with van der Waals surface area (Å²) < 4.78 is 0. The van der Waals surface area contributed by atoms with Crippen LogP contribution < -0.4 is 0 Å². The van der Waals surface area contributed by atoms with E-state index in [0.717, 1.165) is 13.1 Å². The molecule has 0 amide bonds. The minimum absolute atomic E-state index is 0.207. The highest BCUT2D eigenvalue weighted by Crippen LogP contribution is 2.59. The second kappa shape index (κ2) is 6.37. The van der Waals surface area contributed by atoms with E-state index < -0.39 is 0 Å². The Morgan fingerprint density at radius 3 is 2.00 bits per heavy atom. The van der Waals surface area contributed by atoms with Crippen LogP contribution in [0.25, 0.3) is 0 Å². The quantitative estimate of drug-likeness (QED) is 0.680. The molecule has 2 nitrogen and oxygen atoms in total. The normalized spacial score (nSPS) is 21.9. The van der Waals surface area contributed by atoms with Gasteiger partial charge in [0.05, 0.1) is 0 Å². The van der Waals surface area contributed by atoms with Crippen LogP contribution >= 0.6 is 0 Å². The Morgan fingerprint density at radius 2 is 1.42 bits per heavy atom. The average molecular weight is 340 g/mol. The Hall–Kier alpha value is -2.45. The molecule has 0 bridgehead atoms. The first kappa shape index (κ1) is 15.8. The maximum atomic E-state index is 4.53. The van der Waals surface area contributed by atoms with Gasteiger partial charge in [-0.3, -0.25) is 4.98 Å². The van der Waals surface area contributed by atoms with Gasteiger partial charge in [0.2, 0.25) is 0 Å². The van der Waals surface area contributed by atoms with Gasteiger partial charge in [-0.15, -0.1) is 0 Å². The van der Waals surface area contributed by atoms with Crippen molar-refractivity contribution in [2.24, 2.45) is 5.92 Å². The van der Waals surface area contributed by atoms with Crippen LogP contribution in [0.15, 0.2) is 85.1 Å². The molecule has 2 aromatic carbocycles. The van der Waals surface area contributed by atoms with Crippen LogP contribution in [0.1, 0.15) is 29.2 Å². The van der Waals surface area contributed by atoms with Gasteiger partial charge in [0.15, 0.2) is 0 Å². The van der Waals surface area contributed by atoms with Crippen molar-refractivity contribution in [1.82, 2.24) is 9.88 Å². The van der Waals surface area contributed by atoms with E-state index in [1.165, 1.54) is 29.8 Å². The standard InChI is InChI=1S/C24H24N2/c1-3-9-20(10-4-1)24(21-11-5-2-6-12-21)15-22(24)18-26-16-19(17-26)23-13-7-8-14-25-23/h1-14,19,22H,15-18H2. The van der Waals surface area contributed by atoms with Gasteiger partial charge in [0, 0.05) is 42.9 Å². The lowest BCUT2D eigenvalue weighted by atomic mass is 9.85. The first-order chi connectivity index (χ1) is 12.9. The van der Waals surface area contributed by atoms with Crippen molar-refractivity contribution in [3.63, 3.8) is 0 Å². The van der Waals surface area contributed by atoms with Crippen LogP contribution in [0, 0.1) is 5.92 Å². The molecule has 2 heteroatoms. The molecule has 2 fully saturated rings. The molecule has 1 saturated carbocycles. The number of pyridine rings is 1. The maximum Gasteiger partial charge on any atom is 0.0460 e. The van der Waals surface area contributed by atoms with Crippen LogP contribution in [-0.4, -0.2) is 29.5 Å². The molecule has 1 aromatic heterocycles. The van der Waals surface area contributed by atoms with E-state index in [4.69, 9.17) is 0 Å². The third-order valence-electron chi connectivity index (χ3n) is 6.22. The van der Waals surface area contributed by atoms with Gasteiger partial charge < -0.3 is 4.90 Å². The van der Waals surface area contributed by atoms with E-state index in [2.05, 4.69) is 82.7 Å². The van der Waals surface area contributed by atoms with Gasteiger partial charge in [0.1, 0.15) is 0 Å². The first-order valence-electron chi connectivity index (χ1n) is 9.60. The molecule has 26 heavy (non-hydrogen) atoms. The summed E-state index contributed by atoms with van der Waals surface area (Å²) in [5.74, 6) is 1.31. The molecule has 0 spiro atoms. The zero-order valence-electron chi connectivity index (χ0n) is 15.0. The molecule has 1 unspecified atom stereocenters. The Morgan fingerprint density at radius 1 is 0.808 bits per heavy atom. The largest absolute Gasteiger partial charge is 0.302 e. The summed E-state index contributed by atoms with van der Waals surface area (Å²) in [6.45, 7) is 3.48. The van der Waals surface area contributed by atoms with Gasteiger partial charge in [-0.25, -0.2) is 0 Å². The van der Waals surface area contributed by atoms with Crippen LogP contribution in [0.3, 0.4) is 0 Å². The molecule has 2 aliphatic rings. The zero-order chi connectivity index (χ0) is 17.4. The molecule has 1 aliphatic carbocycles. The summed E-state index contributed by atoms with van der Waals surface area (Å²) in [7, 11) is 0. The van der Waals surface area contributed by atoms with E-state index in [1.54, 1.807) is 0 Å². The lowest BCUT2D eigenvalue weighted by molar-refractivity contribution is 0.136. The number of likely N-dealkylation sites (tertiary alicyclic amines) is 1. The predicted molar refractivity (Wildman–Crippen MR) is 105 cm³/mol. The first-order valence-corrected chi connectivity index (χ1v) is 9.60. The van der Waals surface area contributed by atoms with E-state index in [1.807, 2.05) is 12.3 Å². The summed E-state index contributed by atoms with van der Waals surface area (Å²) in [5, 5.41) is 0. The Balaban J connectivity index is 1.32. The fourth-order valence-corrected chi connectivity index (χ4v) is 4.73. The topological polar surface area (TPSA) is 16.1 Å². The van der Waals surface area contributed by atoms with Crippen molar-refractivity contribution in [2.45, 2.75) is 17.8 Å². The summed E-state index contributed by atoms with van der Waals surface area (Å²) in [5.41, 5.74) is 4.39. The van der Waals surface area contributed by atoms with E-state index in [9.17, 15) is 0 Å².